The van der Waals surface area contributed by atoms with Gasteiger partial charge >= 0.3 is 0 Å². The summed E-state index contributed by atoms with van der Waals surface area (Å²) in [5.74, 6) is 2.33. The summed E-state index contributed by atoms with van der Waals surface area (Å²) >= 11 is 0. The van der Waals surface area contributed by atoms with Crippen molar-refractivity contribution in [2.75, 3.05) is 0 Å². The number of hydrogen-bond donors (Lipinski definition) is 2. The van der Waals surface area contributed by atoms with Crippen LogP contribution in [0.15, 0.2) is 210 Å². The van der Waals surface area contributed by atoms with Gasteiger partial charge in [0.15, 0.2) is 0 Å². The van der Waals surface area contributed by atoms with Crippen LogP contribution >= 0.6 is 0 Å². The van der Waals surface area contributed by atoms with Crippen LogP contribution in [0.1, 0.15) is 53.4 Å². The molecule has 0 fully saturated rings. The van der Waals surface area contributed by atoms with Crippen LogP contribution in [-0.4, -0.2) is 21.1 Å². The van der Waals surface area contributed by atoms with Gasteiger partial charge in [0.05, 0.1) is 11.4 Å². The Morgan fingerprint density at radius 1 is 0.625 bits per heavy atom. The van der Waals surface area contributed by atoms with Gasteiger partial charge in [-0.3, -0.25) is 5.32 Å². The molecule has 0 amide bonds. The highest BCUT2D eigenvalue weighted by atomic mass is 15.3. The smallest absolute Gasteiger partial charge is 0.131 e. The Balaban J connectivity index is 0.935. The molecule has 6 aliphatic carbocycles. The lowest BCUT2D eigenvalue weighted by atomic mass is 9.82. The van der Waals surface area contributed by atoms with E-state index in [2.05, 4.69) is 226 Å². The number of aliphatic imine (C=N–C) groups is 1. The van der Waals surface area contributed by atoms with Gasteiger partial charge in [-0.2, -0.15) is 0 Å². The quantitative estimate of drug-likeness (QED) is 0.176. The Kier molecular flexibility index (Phi) is 8.90. The van der Waals surface area contributed by atoms with Crippen molar-refractivity contribution in [3.05, 3.63) is 238 Å². The summed E-state index contributed by atoms with van der Waals surface area (Å²) < 4.78 is 5.14. The Labute approximate surface area is 373 Å². The molecule has 5 nitrogen and oxygen atoms in total. The summed E-state index contributed by atoms with van der Waals surface area (Å²) in [4.78, 5) is 5.53. The summed E-state index contributed by atoms with van der Waals surface area (Å²) in [6, 6.07) is 38.0. The van der Waals surface area contributed by atoms with Crippen LogP contribution in [0.4, 0.5) is 0 Å². The number of aromatic nitrogens is 2. The van der Waals surface area contributed by atoms with E-state index < -0.39 is 0 Å². The predicted octanol–water partition coefficient (Wildman–Crippen LogP) is 10.9. The second-order valence-corrected chi connectivity index (χ2v) is 18.2. The van der Waals surface area contributed by atoms with Crippen LogP contribution in [0.25, 0.3) is 45.7 Å². The molecule has 310 valence electrons. The van der Waals surface area contributed by atoms with E-state index in [1.54, 1.807) is 0 Å². The van der Waals surface area contributed by atoms with E-state index in [-0.39, 0.29) is 18.4 Å². The molecule has 6 aromatic rings. The Bertz CT molecular complexity index is 3300. The summed E-state index contributed by atoms with van der Waals surface area (Å²) in [5.41, 5.74) is 12.6. The molecule has 13 rings (SSSR count). The Hall–Kier alpha value is -7.21. The van der Waals surface area contributed by atoms with Gasteiger partial charge in [-0.1, -0.05) is 176 Å². The monoisotopic (exact) mass is 827 g/mol. The number of allylic oxidation sites excluding steroid dienone is 13. The zero-order valence-electron chi connectivity index (χ0n) is 35.6. The van der Waals surface area contributed by atoms with E-state index in [4.69, 9.17) is 4.99 Å². The summed E-state index contributed by atoms with van der Waals surface area (Å²) in [6.45, 7) is 0. The summed E-state index contributed by atoms with van der Waals surface area (Å²) in [5, 5.41) is 13.1. The first-order chi connectivity index (χ1) is 31.7. The van der Waals surface area contributed by atoms with Crippen LogP contribution in [0.2, 0.25) is 0 Å². The molecular weight excluding hydrogens is 779 g/mol. The zero-order chi connectivity index (χ0) is 42.1. The minimum atomic E-state index is -0.278. The minimum absolute atomic E-state index is 0.126. The fourth-order valence-electron chi connectivity index (χ4n) is 11.3. The third-order valence-corrected chi connectivity index (χ3v) is 14.5. The molecule has 5 heteroatoms. The van der Waals surface area contributed by atoms with Gasteiger partial charge in [-0.05, 0) is 65.5 Å². The van der Waals surface area contributed by atoms with E-state index >= 15 is 0 Å². The van der Waals surface area contributed by atoms with Crippen LogP contribution in [0.3, 0.4) is 0 Å². The molecule has 0 radical (unpaired) electrons. The van der Waals surface area contributed by atoms with Crippen molar-refractivity contribution < 1.29 is 0 Å². The summed E-state index contributed by atoms with van der Waals surface area (Å²) in [7, 11) is 0. The average molecular weight is 828 g/mol. The van der Waals surface area contributed by atoms with Gasteiger partial charge in [0.1, 0.15) is 18.2 Å². The second-order valence-electron chi connectivity index (χ2n) is 18.2. The fourth-order valence-corrected chi connectivity index (χ4v) is 11.3. The maximum absolute atomic E-state index is 5.53. The van der Waals surface area contributed by atoms with Gasteiger partial charge in [-0.25, -0.2) is 4.99 Å². The molecule has 7 aliphatic rings. The molecule has 0 saturated heterocycles. The standard InChI is InChI=1S/C59H49N5/c1-2-14-38(15-3-1)41-20-12-21-44(32-41)57-60-58(62-59(61-57)46-29-28-39-16-4-5-17-40(39)33-46)45-22-13-23-47(34-45)64-55-36-43-19-7-6-18-42(43)35-52(55)51-31-30-48(37-56(51)64)63-53-26-10-8-24-49(53)50-25-9-11-27-54(50)63/h1-17,19,21-36,39-42,48,58-59,62H,18,20,37H2,(H,60,61). The van der Waals surface area contributed by atoms with Gasteiger partial charge in [-0.15, -0.1) is 0 Å². The van der Waals surface area contributed by atoms with Crippen molar-refractivity contribution in [1.82, 2.24) is 19.8 Å². The van der Waals surface area contributed by atoms with Crippen molar-refractivity contribution >= 4 is 45.9 Å². The van der Waals surface area contributed by atoms with Crippen molar-refractivity contribution in [3.63, 3.8) is 0 Å². The average Bonchev–Trinajstić information content (AvgIpc) is 3.87. The highest BCUT2D eigenvalue weighted by Gasteiger charge is 2.32. The number of fused-ring (bicyclic) bond motifs is 8. The lowest BCUT2D eigenvalue weighted by Gasteiger charge is -2.35. The second kappa shape index (κ2) is 15.3. The van der Waals surface area contributed by atoms with E-state index in [0.29, 0.717) is 23.7 Å². The number of rotatable bonds is 6. The molecular formula is C59H49N5. The summed E-state index contributed by atoms with van der Waals surface area (Å²) in [6.07, 6.45) is 42.2. The van der Waals surface area contributed by atoms with Gasteiger partial charge in [0.2, 0.25) is 0 Å². The van der Waals surface area contributed by atoms with Crippen molar-refractivity contribution in [3.8, 4) is 5.69 Å². The Morgan fingerprint density at radius 3 is 2.27 bits per heavy atom. The first-order valence-corrected chi connectivity index (χ1v) is 23.1. The molecule has 2 N–H and O–H groups in total. The highest BCUT2D eigenvalue weighted by Crippen LogP contribution is 2.38. The van der Waals surface area contributed by atoms with E-state index in [1.807, 2.05) is 0 Å². The molecule has 1 aliphatic heterocycles. The maximum Gasteiger partial charge on any atom is 0.131 e. The van der Waals surface area contributed by atoms with Gasteiger partial charge < -0.3 is 14.5 Å². The van der Waals surface area contributed by atoms with Gasteiger partial charge in [0, 0.05) is 79.6 Å². The number of amidine groups is 1. The fraction of sp³-hybridized carbons (Fsp3) is 0.169. The molecule has 3 heterocycles. The first-order valence-electron chi connectivity index (χ1n) is 23.1. The SMILES string of the molecule is C1=CCC2C=c3c4c(n(-c5cccc(C6N=C(C7=CC(c8ccccc8)CC=C7)NC(C7=CC8C=CC=CC8C=C7)N6)c5)c3=CC2=C1)CC(n1c2ccccc2c2ccccc21)C=C4. The topological polar surface area (TPSA) is 46.3 Å². The van der Waals surface area contributed by atoms with Crippen molar-refractivity contribution in [2.45, 2.75) is 43.6 Å². The van der Waals surface area contributed by atoms with Crippen molar-refractivity contribution in [2.24, 2.45) is 22.7 Å². The van der Waals surface area contributed by atoms with E-state index in [0.717, 1.165) is 41.9 Å². The van der Waals surface area contributed by atoms with E-state index in [1.165, 1.54) is 60.3 Å². The molecule has 64 heavy (non-hydrogen) atoms. The third-order valence-electron chi connectivity index (χ3n) is 14.5. The highest BCUT2D eigenvalue weighted by molar-refractivity contribution is 6.08. The molecule has 2 aromatic heterocycles. The number of benzene rings is 4. The number of hydrogen-bond acceptors (Lipinski definition) is 3. The minimum Gasteiger partial charge on any atom is -0.350 e. The first kappa shape index (κ1) is 37.4. The normalized spacial score (nSPS) is 26.1. The van der Waals surface area contributed by atoms with Crippen LogP contribution in [0, 0.1) is 17.8 Å². The molecule has 0 bridgehead atoms. The lowest BCUT2D eigenvalue weighted by molar-refractivity contribution is 0.437. The van der Waals surface area contributed by atoms with Crippen molar-refractivity contribution in [1.29, 1.82) is 0 Å². The van der Waals surface area contributed by atoms with Crippen LogP contribution in [0.5, 0.6) is 0 Å². The molecule has 4 aromatic carbocycles. The Morgan fingerprint density at radius 2 is 1.41 bits per heavy atom. The predicted molar refractivity (Wildman–Crippen MR) is 264 cm³/mol. The molecule has 0 spiro atoms. The lowest BCUT2D eigenvalue weighted by Crippen LogP contribution is -2.52. The number of nitrogens with one attached hydrogen (secondary N) is 2. The van der Waals surface area contributed by atoms with Crippen LogP contribution < -0.4 is 21.2 Å². The van der Waals surface area contributed by atoms with Gasteiger partial charge in [0.25, 0.3) is 0 Å². The number of para-hydroxylation sites is 2. The molecule has 7 unspecified atom stereocenters. The zero-order valence-corrected chi connectivity index (χ0v) is 35.6. The molecule has 7 atom stereocenters. The van der Waals surface area contributed by atoms with E-state index in [9.17, 15) is 0 Å². The van der Waals surface area contributed by atoms with Crippen LogP contribution in [-0.2, 0) is 6.42 Å². The maximum atomic E-state index is 5.53. The number of nitrogens with zero attached hydrogens (tertiary/aromatic N) is 3. The third kappa shape index (κ3) is 6.29. The largest absolute Gasteiger partial charge is 0.350 e. The molecule has 0 saturated carbocycles.